The highest BCUT2D eigenvalue weighted by Crippen LogP contribution is 2.43. The van der Waals surface area contributed by atoms with Gasteiger partial charge in [0.05, 0.1) is 0 Å². The Morgan fingerprint density at radius 3 is 2.59 bits per heavy atom. The fourth-order valence-electron chi connectivity index (χ4n) is 3.71. The van der Waals surface area contributed by atoms with Gasteiger partial charge in [-0.3, -0.25) is 0 Å². The molecule has 1 nitrogen and oxygen atoms in total. The molecule has 0 atom stereocenters. The Bertz CT molecular complexity index is 427. The van der Waals surface area contributed by atoms with Gasteiger partial charge in [-0.2, -0.15) is 0 Å². The molecule has 0 aromatic heterocycles. The van der Waals surface area contributed by atoms with E-state index in [9.17, 15) is 0 Å². The van der Waals surface area contributed by atoms with E-state index in [4.69, 9.17) is 0 Å². The van der Waals surface area contributed by atoms with Crippen molar-refractivity contribution in [2.75, 3.05) is 13.1 Å². The monoisotopic (exact) mass is 229 g/mol. The molecule has 0 saturated carbocycles. The van der Waals surface area contributed by atoms with E-state index in [1.807, 2.05) is 0 Å². The second-order valence-corrected chi connectivity index (χ2v) is 6.07. The number of piperidine rings is 1. The molecule has 1 heterocycles. The lowest BCUT2D eigenvalue weighted by molar-refractivity contribution is 0.173. The van der Waals surface area contributed by atoms with Gasteiger partial charge in [-0.05, 0) is 86.7 Å². The zero-order valence-corrected chi connectivity index (χ0v) is 11.1. The predicted octanol–water partition coefficient (Wildman–Crippen LogP) is 3.16. The van der Waals surface area contributed by atoms with Crippen molar-refractivity contribution in [1.82, 2.24) is 5.32 Å². The van der Waals surface area contributed by atoms with Gasteiger partial charge in [0.2, 0.25) is 0 Å². The summed E-state index contributed by atoms with van der Waals surface area (Å²) in [6, 6.07) is 4.70. The molecule has 1 aromatic carbocycles. The summed E-state index contributed by atoms with van der Waals surface area (Å²) in [4.78, 5) is 0. The summed E-state index contributed by atoms with van der Waals surface area (Å²) in [7, 11) is 0. The van der Waals surface area contributed by atoms with Crippen molar-refractivity contribution in [1.29, 1.82) is 0 Å². The summed E-state index contributed by atoms with van der Waals surface area (Å²) >= 11 is 0. The maximum absolute atomic E-state index is 3.50. The van der Waals surface area contributed by atoms with Crippen molar-refractivity contribution in [2.24, 2.45) is 5.41 Å². The second kappa shape index (κ2) is 4.13. The first-order valence-electron chi connectivity index (χ1n) is 6.99. The standard InChI is InChI=1S/C16H23N/c1-12-3-4-14-11-16(7-9-17-10-8-16)6-5-15(14)13(12)2/h3-4,17H,5-11H2,1-2H3. The summed E-state index contributed by atoms with van der Waals surface area (Å²) in [5.74, 6) is 0. The average molecular weight is 229 g/mol. The molecule has 17 heavy (non-hydrogen) atoms. The van der Waals surface area contributed by atoms with E-state index in [1.165, 1.54) is 50.8 Å². The van der Waals surface area contributed by atoms with E-state index < -0.39 is 0 Å². The van der Waals surface area contributed by atoms with Gasteiger partial charge < -0.3 is 5.32 Å². The summed E-state index contributed by atoms with van der Waals surface area (Å²) in [6.07, 6.45) is 6.79. The van der Waals surface area contributed by atoms with Gasteiger partial charge in [-0.1, -0.05) is 12.1 Å². The first kappa shape index (κ1) is 11.3. The van der Waals surface area contributed by atoms with Gasteiger partial charge in [-0.15, -0.1) is 0 Å². The molecular weight excluding hydrogens is 206 g/mol. The van der Waals surface area contributed by atoms with Crippen LogP contribution in [-0.2, 0) is 12.8 Å². The Hall–Kier alpha value is -0.820. The minimum Gasteiger partial charge on any atom is -0.317 e. The van der Waals surface area contributed by atoms with Crippen LogP contribution < -0.4 is 5.32 Å². The Morgan fingerprint density at radius 1 is 1.06 bits per heavy atom. The highest BCUT2D eigenvalue weighted by molar-refractivity contribution is 5.42. The van der Waals surface area contributed by atoms with Crippen molar-refractivity contribution < 1.29 is 0 Å². The van der Waals surface area contributed by atoms with E-state index in [0.29, 0.717) is 5.41 Å². The average Bonchev–Trinajstić information content (AvgIpc) is 2.35. The summed E-state index contributed by atoms with van der Waals surface area (Å²) in [5, 5.41) is 3.50. The van der Waals surface area contributed by atoms with E-state index in [0.717, 1.165) is 0 Å². The van der Waals surface area contributed by atoms with E-state index >= 15 is 0 Å². The second-order valence-electron chi connectivity index (χ2n) is 6.07. The van der Waals surface area contributed by atoms with Crippen LogP contribution in [0.1, 0.15) is 41.5 Å². The Labute approximate surface area is 105 Å². The molecule has 0 amide bonds. The van der Waals surface area contributed by atoms with Crippen LogP contribution in [0.5, 0.6) is 0 Å². The minimum absolute atomic E-state index is 0.625. The highest BCUT2D eigenvalue weighted by atomic mass is 14.9. The van der Waals surface area contributed by atoms with Gasteiger partial charge in [0, 0.05) is 0 Å². The Balaban J connectivity index is 1.93. The van der Waals surface area contributed by atoms with Crippen molar-refractivity contribution in [3.8, 4) is 0 Å². The fourth-order valence-corrected chi connectivity index (χ4v) is 3.71. The lowest BCUT2D eigenvalue weighted by Gasteiger charge is -2.42. The SMILES string of the molecule is Cc1ccc2c(c1C)CCC1(CCNCC1)C2. The van der Waals surface area contributed by atoms with Gasteiger partial charge >= 0.3 is 0 Å². The van der Waals surface area contributed by atoms with Crippen LogP contribution >= 0.6 is 0 Å². The molecule has 0 radical (unpaired) electrons. The van der Waals surface area contributed by atoms with Gasteiger partial charge in [0.25, 0.3) is 0 Å². The zero-order chi connectivity index (χ0) is 11.9. The van der Waals surface area contributed by atoms with Gasteiger partial charge in [0.1, 0.15) is 0 Å². The number of fused-ring (bicyclic) bond motifs is 1. The van der Waals surface area contributed by atoms with Crippen LogP contribution in [0.15, 0.2) is 12.1 Å². The maximum atomic E-state index is 3.50. The number of aryl methyl sites for hydroxylation is 1. The third kappa shape index (κ3) is 1.91. The fraction of sp³-hybridized carbons (Fsp3) is 0.625. The van der Waals surface area contributed by atoms with Gasteiger partial charge in [0.15, 0.2) is 0 Å². The molecule has 1 spiro atoms. The van der Waals surface area contributed by atoms with Crippen LogP contribution in [0, 0.1) is 19.3 Å². The number of benzene rings is 1. The molecule has 1 aromatic rings. The predicted molar refractivity (Wildman–Crippen MR) is 72.5 cm³/mol. The molecule has 2 aliphatic rings. The molecule has 1 heteroatoms. The molecule has 1 aliphatic carbocycles. The molecule has 0 unspecified atom stereocenters. The van der Waals surface area contributed by atoms with Crippen LogP contribution in [0.3, 0.4) is 0 Å². The zero-order valence-electron chi connectivity index (χ0n) is 11.1. The first-order valence-corrected chi connectivity index (χ1v) is 6.99. The normalized spacial score (nSPS) is 22.5. The third-order valence-electron chi connectivity index (χ3n) is 5.10. The molecular formula is C16H23N. The van der Waals surface area contributed by atoms with Crippen LogP contribution in [0.4, 0.5) is 0 Å². The van der Waals surface area contributed by atoms with Crippen molar-refractivity contribution in [2.45, 2.75) is 46.0 Å². The number of nitrogens with one attached hydrogen (secondary N) is 1. The maximum Gasteiger partial charge on any atom is -0.00435 e. The molecule has 3 rings (SSSR count). The third-order valence-corrected chi connectivity index (χ3v) is 5.10. The van der Waals surface area contributed by atoms with Crippen LogP contribution in [-0.4, -0.2) is 13.1 Å². The van der Waals surface area contributed by atoms with Crippen LogP contribution in [0.25, 0.3) is 0 Å². The van der Waals surface area contributed by atoms with Crippen molar-refractivity contribution in [3.63, 3.8) is 0 Å². The highest BCUT2D eigenvalue weighted by Gasteiger charge is 2.35. The smallest absolute Gasteiger partial charge is 0.00435 e. The summed E-state index contributed by atoms with van der Waals surface area (Å²) in [5.41, 5.74) is 6.94. The molecule has 1 aliphatic heterocycles. The Kier molecular flexibility index (Phi) is 2.74. The molecule has 92 valence electrons. The number of rotatable bonds is 0. The van der Waals surface area contributed by atoms with Crippen LogP contribution in [0.2, 0.25) is 0 Å². The number of hydrogen-bond acceptors (Lipinski definition) is 1. The lowest BCUT2D eigenvalue weighted by Crippen LogP contribution is -2.40. The van der Waals surface area contributed by atoms with E-state index in [1.54, 1.807) is 16.7 Å². The van der Waals surface area contributed by atoms with Crippen molar-refractivity contribution in [3.05, 3.63) is 34.4 Å². The number of hydrogen-bond donors (Lipinski definition) is 1. The quantitative estimate of drug-likeness (QED) is 0.720. The molecule has 1 fully saturated rings. The first-order chi connectivity index (χ1) is 8.20. The molecule has 0 bridgehead atoms. The van der Waals surface area contributed by atoms with Gasteiger partial charge in [-0.25, -0.2) is 0 Å². The summed E-state index contributed by atoms with van der Waals surface area (Å²) < 4.78 is 0. The summed E-state index contributed by atoms with van der Waals surface area (Å²) in [6.45, 7) is 6.99. The van der Waals surface area contributed by atoms with Crippen molar-refractivity contribution >= 4 is 0 Å². The topological polar surface area (TPSA) is 12.0 Å². The minimum atomic E-state index is 0.625. The van der Waals surface area contributed by atoms with E-state index in [2.05, 4.69) is 31.3 Å². The molecule has 1 saturated heterocycles. The molecule has 1 N–H and O–H groups in total. The lowest BCUT2D eigenvalue weighted by atomic mass is 9.66. The largest absolute Gasteiger partial charge is 0.317 e. The van der Waals surface area contributed by atoms with E-state index in [-0.39, 0.29) is 0 Å². The Morgan fingerprint density at radius 2 is 1.82 bits per heavy atom.